The molecule has 1 nitrogen and oxygen atoms in total. The van der Waals surface area contributed by atoms with Crippen LogP contribution in [-0.4, -0.2) is 27.3 Å². The summed E-state index contributed by atoms with van der Waals surface area (Å²) in [6, 6.07) is 21.8. The molecule has 0 fully saturated rings. The summed E-state index contributed by atoms with van der Waals surface area (Å²) in [6.07, 6.45) is 0. The quantitative estimate of drug-likeness (QED) is 0.379. The highest BCUT2D eigenvalue weighted by Gasteiger charge is 2.34. The van der Waals surface area contributed by atoms with Crippen molar-refractivity contribution in [1.82, 2.24) is 0 Å². The van der Waals surface area contributed by atoms with E-state index in [1.165, 1.54) is 10.4 Å². The van der Waals surface area contributed by atoms with Gasteiger partial charge in [-0.1, -0.05) is 107 Å². The second kappa shape index (κ2) is 8.62. The van der Waals surface area contributed by atoms with E-state index in [1.807, 2.05) is 0 Å². The Bertz CT molecular complexity index is 571. The molecule has 122 valence electrons. The smallest absolute Gasteiger partial charge is 0.110 e. The van der Waals surface area contributed by atoms with E-state index in [4.69, 9.17) is 4.74 Å². The van der Waals surface area contributed by atoms with Crippen molar-refractivity contribution in [3.63, 3.8) is 0 Å². The molecule has 0 radical (unpaired) electrons. The molecule has 0 unspecified atom stereocenters. The van der Waals surface area contributed by atoms with Crippen LogP contribution in [0.1, 0.15) is 13.8 Å². The van der Waals surface area contributed by atoms with Gasteiger partial charge in [-0.25, -0.2) is 0 Å². The minimum absolute atomic E-state index is 0.120. The van der Waals surface area contributed by atoms with Crippen LogP contribution in [0.4, 0.5) is 0 Å². The Morgan fingerprint density at radius 1 is 1.00 bits per heavy atom. The van der Waals surface area contributed by atoms with Gasteiger partial charge in [0.15, 0.2) is 0 Å². The number of halogens is 1. The van der Waals surface area contributed by atoms with Gasteiger partial charge in [-0.15, -0.1) is 0 Å². The highest BCUT2D eigenvalue weighted by molar-refractivity contribution is 9.09. The Kier molecular flexibility index (Phi) is 6.82. The lowest BCUT2D eigenvalue weighted by Gasteiger charge is -2.34. The molecule has 2 rings (SSSR count). The van der Waals surface area contributed by atoms with Gasteiger partial charge in [-0.05, 0) is 10.6 Å². The van der Waals surface area contributed by atoms with Crippen LogP contribution in [0.3, 0.4) is 0 Å². The summed E-state index contributed by atoms with van der Waals surface area (Å²) in [4.78, 5) is 0. The second-order valence-electron chi connectivity index (χ2n) is 6.62. The van der Waals surface area contributed by atoms with Crippen LogP contribution in [0.5, 0.6) is 0 Å². The molecule has 0 bridgehead atoms. The molecule has 2 aromatic rings. The standard InChI is InChI=1S/C20H25BrOSi/c1-17(14-21)15-22-16-20(2,3)23(18-10-6-4-7-11-18)19-12-8-5-9-13-19/h4-13,23H,1,14-16H2,2-3H3. The number of hydrogen-bond donors (Lipinski definition) is 0. The van der Waals surface area contributed by atoms with Crippen molar-refractivity contribution in [2.75, 3.05) is 18.5 Å². The topological polar surface area (TPSA) is 9.23 Å². The van der Waals surface area contributed by atoms with Gasteiger partial charge in [0.05, 0.1) is 13.2 Å². The van der Waals surface area contributed by atoms with Crippen LogP contribution < -0.4 is 10.4 Å². The van der Waals surface area contributed by atoms with Gasteiger partial charge in [0.1, 0.15) is 8.80 Å². The molecule has 0 N–H and O–H groups in total. The first-order valence-electron chi connectivity index (χ1n) is 7.95. The van der Waals surface area contributed by atoms with Crippen molar-refractivity contribution in [3.8, 4) is 0 Å². The van der Waals surface area contributed by atoms with Crippen LogP contribution in [0, 0.1) is 0 Å². The molecule has 23 heavy (non-hydrogen) atoms. The zero-order valence-corrected chi connectivity index (χ0v) is 16.7. The Hall–Kier alpha value is -1.16. The molecule has 0 atom stereocenters. The second-order valence-corrected chi connectivity index (χ2v) is 10.9. The monoisotopic (exact) mass is 388 g/mol. The van der Waals surface area contributed by atoms with Gasteiger partial charge in [0, 0.05) is 5.33 Å². The van der Waals surface area contributed by atoms with Crippen LogP contribution >= 0.6 is 15.9 Å². The molecule has 0 aliphatic heterocycles. The Balaban J connectivity index is 2.24. The molecule has 0 saturated carbocycles. The molecule has 0 saturated heterocycles. The molecule has 0 spiro atoms. The van der Waals surface area contributed by atoms with Gasteiger partial charge >= 0.3 is 0 Å². The fourth-order valence-electron chi connectivity index (χ4n) is 2.97. The Labute approximate surface area is 150 Å². The van der Waals surface area contributed by atoms with Gasteiger partial charge in [0.2, 0.25) is 0 Å². The summed E-state index contributed by atoms with van der Waals surface area (Å²) >= 11 is 3.43. The van der Waals surface area contributed by atoms with Crippen molar-refractivity contribution < 1.29 is 4.74 Å². The number of alkyl halides is 1. The Morgan fingerprint density at radius 3 is 1.91 bits per heavy atom. The number of rotatable bonds is 8. The molecule has 0 aliphatic rings. The summed E-state index contributed by atoms with van der Waals surface area (Å²) in [5.74, 6) is 0. The van der Waals surface area contributed by atoms with E-state index in [2.05, 4.69) is 97.0 Å². The highest BCUT2D eigenvalue weighted by Crippen LogP contribution is 2.28. The first kappa shape index (κ1) is 18.2. The van der Waals surface area contributed by atoms with E-state index in [1.54, 1.807) is 0 Å². The maximum absolute atomic E-state index is 5.98. The van der Waals surface area contributed by atoms with Crippen molar-refractivity contribution in [3.05, 3.63) is 72.8 Å². The number of benzene rings is 2. The summed E-state index contributed by atoms with van der Waals surface area (Å²) in [6.45, 7) is 10.0. The van der Waals surface area contributed by atoms with E-state index >= 15 is 0 Å². The van der Waals surface area contributed by atoms with Crippen LogP contribution in [-0.2, 0) is 4.74 Å². The average Bonchev–Trinajstić information content (AvgIpc) is 2.56. The first-order valence-corrected chi connectivity index (χ1v) is 10.8. The number of hydrogen-bond acceptors (Lipinski definition) is 1. The summed E-state index contributed by atoms with van der Waals surface area (Å²) in [7, 11) is -1.40. The first-order chi connectivity index (χ1) is 11.0. The van der Waals surface area contributed by atoms with E-state index in [9.17, 15) is 0 Å². The van der Waals surface area contributed by atoms with E-state index in [0.717, 1.165) is 17.5 Å². The van der Waals surface area contributed by atoms with E-state index in [-0.39, 0.29) is 5.04 Å². The van der Waals surface area contributed by atoms with Gasteiger partial charge in [-0.3, -0.25) is 0 Å². The third-order valence-electron chi connectivity index (χ3n) is 4.02. The zero-order chi connectivity index (χ0) is 16.7. The van der Waals surface area contributed by atoms with Crippen molar-refractivity contribution in [2.24, 2.45) is 0 Å². The number of ether oxygens (including phenoxy) is 1. The lowest BCUT2D eigenvalue weighted by Crippen LogP contribution is -2.51. The largest absolute Gasteiger partial charge is 0.377 e. The summed E-state index contributed by atoms with van der Waals surface area (Å²) in [5.41, 5.74) is 1.08. The fourth-order valence-corrected chi connectivity index (χ4v) is 6.82. The van der Waals surface area contributed by atoms with Gasteiger partial charge in [0.25, 0.3) is 0 Å². The summed E-state index contributed by atoms with van der Waals surface area (Å²) in [5, 5.41) is 3.85. The van der Waals surface area contributed by atoms with Crippen LogP contribution in [0.2, 0.25) is 5.04 Å². The molecule has 3 heteroatoms. The van der Waals surface area contributed by atoms with E-state index in [0.29, 0.717) is 6.61 Å². The Morgan fingerprint density at radius 2 is 1.48 bits per heavy atom. The lowest BCUT2D eigenvalue weighted by atomic mass is 10.2. The molecular weight excluding hydrogens is 364 g/mol. The van der Waals surface area contributed by atoms with Crippen molar-refractivity contribution in [2.45, 2.75) is 18.9 Å². The molecular formula is C20H25BrOSi. The van der Waals surface area contributed by atoms with Crippen LogP contribution in [0.25, 0.3) is 0 Å². The normalized spacial score (nSPS) is 11.7. The SMILES string of the molecule is C=C(CBr)COCC(C)(C)[SiH](c1ccccc1)c1ccccc1. The minimum Gasteiger partial charge on any atom is -0.377 e. The molecule has 0 heterocycles. The fraction of sp³-hybridized carbons (Fsp3) is 0.300. The van der Waals surface area contributed by atoms with Gasteiger partial charge < -0.3 is 4.74 Å². The highest BCUT2D eigenvalue weighted by atomic mass is 79.9. The third-order valence-corrected chi connectivity index (χ3v) is 8.64. The minimum atomic E-state index is -1.40. The maximum Gasteiger partial charge on any atom is 0.110 e. The molecule has 0 amide bonds. The zero-order valence-electron chi connectivity index (χ0n) is 14.0. The molecule has 2 aromatic carbocycles. The van der Waals surface area contributed by atoms with Crippen LogP contribution in [0.15, 0.2) is 72.8 Å². The summed E-state index contributed by atoms with van der Waals surface area (Å²) < 4.78 is 5.98. The van der Waals surface area contributed by atoms with Gasteiger partial charge in [-0.2, -0.15) is 0 Å². The molecule has 0 aliphatic carbocycles. The van der Waals surface area contributed by atoms with Crippen molar-refractivity contribution >= 4 is 35.1 Å². The van der Waals surface area contributed by atoms with E-state index < -0.39 is 8.80 Å². The predicted octanol–water partition coefficient (Wildman–Crippen LogP) is 3.78. The van der Waals surface area contributed by atoms with Crippen molar-refractivity contribution in [1.29, 1.82) is 0 Å². The average molecular weight is 389 g/mol. The maximum atomic E-state index is 5.98. The third kappa shape index (κ3) is 5.16. The molecule has 0 aromatic heterocycles. The predicted molar refractivity (Wildman–Crippen MR) is 107 cm³/mol. The lowest BCUT2D eigenvalue weighted by molar-refractivity contribution is 0.134.